The first kappa shape index (κ1) is 13.9. The molecule has 3 rings (SSSR count). The van der Waals surface area contributed by atoms with E-state index >= 15 is 0 Å². The molecule has 0 bridgehead atoms. The van der Waals surface area contributed by atoms with E-state index in [0.717, 1.165) is 23.7 Å². The smallest absolute Gasteiger partial charge is 0.215 e. The van der Waals surface area contributed by atoms with E-state index < -0.39 is 0 Å². The molecular weight excluding hydrogens is 260 g/mol. The zero-order valence-electron chi connectivity index (χ0n) is 12.5. The fourth-order valence-electron chi connectivity index (χ4n) is 3.44. The summed E-state index contributed by atoms with van der Waals surface area (Å²) in [7, 11) is 0. The highest BCUT2D eigenvalue weighted by atomic mass is 16.5. The normalized spacial score (nSPS) is 25.5. The third-order valence-electron chi connectivity index (χ3n) is 4.24. The fourth-order valence-corrected chi connectivity index (χ4v) is 3.44. The number of fused-ring (bicyclic) bond motifs is 1. The third kappa shape index (κ3) is 3.00. The van der Waals surface area contributed by atoms with Gasteiger partial charge >= 0.3 is 0 Å². The number of aromatic nitrogens is 1. The largest absolute Gasteiger partial charge is 0.474 e. The van der Waals surface area contributed by atoms with Crippen LogP contribution in [0.1, 0.15) is 38.7 Å². The van der Waals surface area contributed by atoms with Crippen LogP contribution in [0.25, 0.3) is 10.9 Å². The van der Waals surface area contributed by atoms with Crippen LogP contribution in [0, 0.1) is 23.2 Å². The predicted molar refractivity (Wildman–Crippen MR) is 83.1 cm³/mol. The summed E-state index contributed by atoms with van der Waals surface area (Å²) < 4.78 is 6.08. The van der Waals surface area contributed by atoms with Crippen LogP contribution < -0.4 is 4.74 Å². The van der Waals surface area contributed by atoms with E-state index in [2.05, 4.69) is 24.9 Å². The highest BCUT2D eigenvalue weighted by Crippen LogP contribution is 2.31. The Labute approximate surface area is 125 Å². The van der Waals surface area contributed by atoms with Gasteiger partial charge in [0, 0.05) is 11.5 Å². The molecule has 0 radical (unpaired) electrons. The molecule has 21 heavy (non-hydrogen) atoms. The molecule has 0 amide bonds. The van der Waals surface area contributed by atoms with Crippen LogP contribution in [0.5, 0.6) is 5.88 Å². The van der Waals surface area contributed by atoms with Crippen LogP contribution >= 0.6 is 0 Å². The standard InChI is InChI=1S/C18H20N2O/c1-12-7-13(2)9-15(8-12)21-18-10-14(11-19)16-5-3-4-6-17(16)20-18/h3-6,10,12-13,15H,7-9H2,1-2H3. The summed E-state index contributed by atoms with van der Waals surface area (Å²) in [6.45, 7) is 4.56. The summed E-state index contributed by atoms with van der Waals surface area (Å²) in [6, 6.07) is 11.7. The van der Waals surface area contributed by atoms with E-state index in [9.17, 15) is 5.26 Å². The Hall–Kier alpha value is -2.08. The third-order valence-corrected chi connectivity index (χ3v) is 4.24. The molecule has 1 aliphatic rings. The van der Waals surface area contributed by atoms with E-state index in [1.807, 2.05) is 24.3 Å². The van der Waals surface area contributed by atoms with Gasteiger partial charge in [-0.25, -0.2) is 4.98 Å². The summed E-state index contributed by atoms with van der Waals surface area (Å²) in [5.74, 6) is 1.96. The van der Waals surface area contributed by atoms with Crippen molar-refractivity contribution in [3.05, 3.63) is 35.9 Å². The molecule has 1 heterocycles. The van der Waals surface area contributed by atoms with E-state index in [-0.39, 0.29) is 6.10 Å². The van der Waals surface area contributed by atoms with Gasteiger partial charge in [-0.3, -0.25) is 0 Å². The number of rotatable bonds is 2. The number of pyridine rings is 1. The Balaban J connectivity index is 1.89. The maximum atomic E-state index is 9.32. The van der Waals surface area contributed by atoms with Gasteiger partial charge in [-0.05, 0) is 37.2 Å². The zero-order chi connectivity index (χ0) is 14.8. The van der Waals surface area contributed by atoms with Crippen molar-refractivity contribution in [2.75, 3.05) is 0 Å². The van der Waals surface area contributed by atoms with Crippen molar-refractivity contribution in [3.63, 3.8) is 0 Å². The number of benzene rings is 1. The fraction of sp³-hybridized carbons (Fsp3) is 0.444. The Morgan fingerprint density at radius 2 is 1.86 bits per heavy atom. The topological polar surface area (TPSA) is 45.9 Å². The van der Waals surface area contributed by atoms with Crippen LogP contribution in [0.3, 0.4) is 0 Å². The molecule has 0 saturated heterocycles. The van der Waals surface area contributed by atoms with E-state index in [4.69, 9.17) is 4.74 Å². The highest BCUT2D eigenvalue weighted by molar-refractivity contribution is 5.85. The lowest BCUT2D eigenvalue weighted by Crippen LogP contribution is -2.28. The molecule has 1 aromatic carbocycles. The van der Waals surface area contributed by atoms with E-state index in [1.165, 1.54) is 6.42 Å². The number of para-hydroxylation sites is 1. The van der Waals surface area contributed by atoms with Gasteiger partial charge in [0.1, 0.15) is 12.2 Å². The Morgan fingerprint density at radius 3 is 2.57 bits per heavy atom. The van der Waals surface area contributed by atoms with Crippen LogP contribution in [0.2, 0.25) is 0 Å². The molecule has 0 spiro atoms. The summed E-state index contributed by atoms with van der Waals surface area (Å²) in [5.41, 5.74) is 1.45. The molecule has 1 saturated carbocycles. The SMILES string of the molecule is CC1CC(C)CC(Oc2cc(C#N)c3ccccc3n2)C1. The molecule has 3 heteroatoms. The quantitative estimate of drug-likeness (QED) is 0.823. The van der Waals surface area contributed by atoms with Crippen molar-refractivity contribution < 1.29 is 4.74 Å². The second kappa shape index (κ2) is 5.73. The minimum absolute atomic E-state index is 0.212. The van der Waals surface area contributed by atoms with Gasteiger partial charge in [0.05, 0.1) is 11.1 Å². The Bertz CT molecular complexity index is 679. The first-order valence-electron chi connectivity index (χ1n) is 7.62. The molecule has 1 fully saturated rings. The molecule has 1 aliphatic carbocycles. The number of ether oxygens (including phenoxy) is 1. The molecule has 108 valence electrons. The second-order valence-corrected chi connectivity index (χ2v) is 6.29. The van der Waals surface area contributed by atoms with Crippen LogP contribution in [-0.2, 0) is 0 Å². The number of hydrogen-bond donors (Lipinski definition) is 0. The average Bonchev–Trinajstić information content (AvgIpc) is 2.45. The lowest BCUT2D eigenvalue weighted by atomic mass is 9.82. The molecule has 0 N–H and O–H groups in total. The van der Waals surface area contributed by atoms with Crippen molar-refractivity contribution in [2.24, 2.45) is 11.8 Å². The number of nitriles is 1. The monoisotopic (exact) mass is 280 g/mol. The van der Waals surface area contributed by atoms with Gasteiger partial charge in [0.15, 0.2) is 0 Å². The van der Waals surface area contributed by atoms with Crippen LogP contribution in [-0.4, -0.2) is 11.1 Å². The molecule has 0 aliphatic heterocycles. The number of hydrogen-bond acceptors (Lipinski definition) is 3. The van der Waals surface area contributed by atoms with Gasteiger partial charge in [0.2, 0.25) is 5.88 Å². The summed E-state index contributed by atoms with van der Waals surface area (Å²) in [4.78, 5) is 4.55. The molecule has 2 atom stereocenters. The lowest BCUT2D eigenvalue weighted by Gasteiger charge is -2.31. The molecule has 2 aromatic rings. The Morgan fingerprint density at radius 1 is 1.14 bits per heavy atom. The summed E-state index contributed by atoms with van der Waals surface area (Å²) >= 11 is 0. The minimum Gasteiger partial charge on any atom is -0.474 e. The zero-order valence-corrected chi connectivity index (χ0v) is 12.5. The average molecular weight is 280 g/mol. The van der Waals surface area contributed by atoms with E-state index in [0.29, 0.717) is 23.3 Å². The first-order chi connectivity index (χ1) is 10.2. The van der Waals surface area contributed by atoms with E-state index in [1.54, 1.807) is 6.07 Å². The molecule has 1 aromatic heterocycles. The predicted octanol–water partition coefficient (Wildman–Crippen LogP) is 4.31. The van der Waals surface area contributed by atoms with Gasteiger partial charge in [-0.1, -0.05) is 32.0 Å². The maximum absolute atomic E-state index is 9.32. The Kier molecular flexibility index (Phi) is 3.79. The van der Waals surface area contributed by atoms with Gasteiger partial charge < -0.3 is 4.74 Å². The van der Waals surface area contributed by atoms with Crippen LogP contribution in [0.4, 0.5) is 0 Å². The first-order valence-corrected chi connectivity index (χ1v) is 7.62. The molecule has 2 unspecified atom stereocenters. The molecule has 3 nitrogen and oxygen atoms in total. The van der Waals surface area contributed by atoms with Crippen molar-refractivity contribution >= 4 is 10.9 Å². The van der Waals surface area contributed by atoms with Crippen molar-refractivity contribution in [1.82, 2.24) is 4.98 Å². The van der Waals surface area contributed by atoms with Crippen molar-refractivity contribution in [2.45, 2.75) is 39.2 Å². The van der Waals surface area contributed by atoms with Gasteiger partial charge in [-0.2, -0.15) is 5.26 Å². The van der Waals surface area contributed by atoms with Gasteiger partial charge in [-0.15, -0.1) is 0 Å². The van der Waals surface area contributed by atoms with Crippen molar-refractivity contribution in [3.8, 4) is 11.9 Å². The second-order valence-electron chi connectivity index (χ2n) is 6.29. The molecular formula is C18H20N2O. The summed E-state index contributed by atoms with van der Waals surface area (Å²) in [6.07, 6.45) is 3.62. The van der Waals surface area contributed by atoms with Crippen molar-refractivity contribution in [1.29, 1.82) is 5.26 Å². The number of nitrogens with zero attached hydrogens (tertiary/aromatic N) is 2. The lowest BCUT2D eigenvalue weighted by molar-refractivity contribution is 0.0970. The minimum atomic E-state index is 0.212. The maximum Gasteiger partial charge on any atom is 0.215 e. The van der Waals surface area contributed by atoms with Gasteiger partial charge in [0.25, 0.3) is 0 Å². The summed E-state index contributed by atoms with van der Waals surface area (Å²) in [5, 5.41) is 10.2. The van der Waals surface area contributed by atoms with Crippen LogP contribution in [0.15, 0.2) is 30.3 Å². The highest BCUT2D eigenvalue weighted by Gasteiger charge is 2.25.